The van der Waals surface area contributed by atoms with E-state index in [2.05, 4.69) is 22.5 Å². The SMILES string of the molecule is CCCCCCCCCNC(=O)N=C1NC(=O)CN1C. The standard InChI is InChI=1S/C14H26N4O2/c1-3-4-5-6-7-8-9-10-15-14(20)17-13-16-12(19)11-18(13)2/h3-11H2,1-2H3,(H2,15,16,17,19,20). The van der Waals surface area contributed by atoms with Gasteiger partial charge in [0.15, 0.2) is 0 Å². The molecule has 0 saturated carbocycles. The van der Waals surface area contributed by atoms with Gasteiger partial charge in [0, 0.05) is 13.6 Å². The molecule has 0 spiro atoms. The zero-order valence-electron chi connectivity index (χ0n) is 12.6. The molecule has 0 atom stereocenters. The van der Waals surface area contributed by atoms with Crippen molar-refractivity contribution in [1.29, 1.82) is 0 Å². The van der Waals surface area contributed by atoms with Crippen LogP contribution in [0, 0.1) is 0 Å². The Labute approximate surface area is 121 Å². The molecule has 1 heterocycles. The number of likely N-dealkylation sites (N-methyl/N-ethyl adjacent to an activating group) is 1. The van der Waals surface area contributed by atoms with E-state index in [1.807, 2.05) is 0 Å². The lowest BCUT2D eigenvalue weighted by Crippen LogP contribution is -2.31. The third kappa shape index (κ3) is 6.54. The van der Waals surface area contributed by atoms with Crippen molar-refractivity contribution in [3.63, 3.8) is 0 Å². The summed E-state index contributed by atoms with van der Waals surface area (Å²) in [5, 5.41) is 5.28. The molecule has 2 N–H and O–H groups in total. The topological polar surface area (TPSA) is 73.8 Å². The first-order chi connectivity index (χ1) is 9.63. The molecule has 1 fully saturated rings. The number of carbonyl (C=O) groups is 2. The van der Waals surface area contributed by atoms with Gasteiger partial charge in [-0.15, -0.1) is 0 Å². The number of nitrogens with one attached hydrogen (secondary N) is 2. The summed E-state index contributed by atoms with van der Waals surface area (Å²) in [7, 11) is 1.72. The molecular formula is C14H26N4O2. The van der Waals surface area contributed by atoms with Crippen LogP contribution in [0.2, 0.25) is 0 Å². The van der Waals surface area contributed by atoms with Crippen molar-refractivity contribution in [2.24, 2.45) is 4.99 Å². The molecule has 0 aliphatic carbocycles. The van der Waals surface area contributed by atoms with Crippen LogP contribution in [-0.4, -0.2) is 42.9 Å². The first-order valence-electron chi connectivity index (χ1n) is 7.51. The van der Waals surface area contributed by atoms with Crippen LogP contribution in [-0.2, 0) is 4.79 Å². The molecule has 0 radical (unpaired) electrons. The second kappa shape index (κ2) is 9.34. The maximum absolute atomic E-state index is 11.5. The maximum atomic E-state index is 11.5. The highest BCUT2D eigenvalue weighted by molar-refractivity contribution is 6.07. The molecule has 6 heteroatoms. The molecule has 1 aliphatic heterocycles. The molecule has 6 nitrogen and oxygen atoms in total. The van der Waals surface area contributed by atoms with E-state index in [1.54, 1.807) is 11.9 Å². The lowest BCUT2D eigenvalue weighted by Gasteiger charge is -2.08. The van der Waals surface area contributed by atoms with Crippen molar-refractivity contribution in [2.45, 2.75) is 51.9 Å². The van der Waals surface area contributed by atoms with Gasteiger partial charge in [-0.1, -0.05) is 45.4 Å². The average molecular weight is 282 g/mol. The molecule has 1 aliphatic rings. The van der Waals surface area contributed by atoms with Gasteiger partial charge in [0.05, 0.1) is 6.54 Å². The second-order valence-electron chi connectivity index (χ2n) is 5.19. The summed E-state index contributed by atoms with van der Waals surface area (Å²) in [4.78, 5) is 28.1. The number of urea groups is 1. The molecule has 0 unspecified atom stereocenters. The largest absolute Gasteiger partial charge is 0.344 e. The van der Waals surface area contributed by atoms with Crippen LogP contribution in [0.1, 0.15) is 51.9 Å². The van der Waals surface area contributed by atoms with Gasteiger partial charge in [0.25, 0.3) is 0 Å². The normalized spacial score (nSPS) is 16.6. The minimum atomic E-state index is -0.389. The summed E-state index contributed by atoms with van der Waals surface area (Å²) in [6, 6.07) is -0.389. The van der Waals surface area contributed by atoms with Crippen molar-refractivity contribution in [3.05, 3.63) is 0 Å². The zero-order valence-corrected chi connectivity index (χ0v) is 12.6. The van der Waals surface area contributed by atoms with Gasteiger partial charge in [-0.05, 0) is 6.42 Å². The van der Waals surface area contributed by atoms with E-state index in [1.165, 1.54) is 32.1 Å². The van der Waals surface area contributed by atoms with E-state index < -0.39 is 0 Å². The highest BCUT2D eigenvalue weighted by Gasteiger charge is 2.21. The average Bonchev–Trinajstić information content (AvgIpc) is 2.71. The van der Waals surface area contributed by atoms with Gasteiger partial charge in [0.2, 0.25) is 11.9 Å². The number of nitrogens with zero attached hydrogens (tertiary/aromatic N) is 2. The molecule has 0 aromatic carbocycles. The monoisotopic (exact) mass is 282 g/mol. The van der Waals surface area contributed by atoms with Gasteiger partial charge in [-0.25, -0.2) is 4.79 Å². The Morgan fingerprint density at radius 3 is 2.50 bits per heavy atom. The Morgan fingerprint density at radius 1 is 1.25 bits per heavy atom. The van der Waals surface area contributed by atoms with E-state index >= 15 is 0 Å². The summed E-state index contributed by atoms with van der Waals surface area (Å²) in [6.45, 7) is 3.10. The number of carbonyl (C=O) groups excluding carboxylic acids is 2. The fourth-order valence-electron chi connectivity index (χ4n) is 2.08. The minimum absolute atomic E-state index is 0.133. The highest BCUT2D eigenvalue weighted by Crippen LogP contribution is 2.06. The second-order valence-corrected chi connectivity index (χ2v) is 5.19. The number of unbranched alkanes of at least 4 members (excludes halogenated alkanes) is 6. The number of guanidine groups is 1. The van der Waals surface area contributed by atoms with Crippen molar-refractivity contribution >= 4 is 17.9 Å². The van der Waals surface area contributed by atoms with Gasteiger partial charge in [-0.3, -0.25) is 10.1 Å². The molecule has 0 aromatic heterocycles. The van der Waals surface area contributed by atoms with E-state index in [4.69, 9.17) is 0 Å². The fourth-order valence-corrected chi connectivity index (χ4v) is 2.08. The predicted octanol–water partition coefficient (Wildman–Crippen LogP) is 1.86. The van der Waals surface area contributed by atoms with E-state index in [9.17, 15) is 9.59 Å². The number of amides is 3. The number of rotatable bonds is 8. The lowest BCUT2D eigenvalue weighted by atomic mass is 10.1. The van der Waals surface area contributed by atoms with Crippen LogP contribution >= 0.6 is 0 Å². The molecule has 114 valence electrons. The minimum Gasteiger partial charge on any atom is -0.336 e. The Balaban J connectivity index is 2.06. The first-order valence-corrected chi connectivity index (χ1v) is 7.51. The molecule has 1 rings (SSSR count). The summed E-state index contributed by atoms with van der Waals surface area (Å²) >= 11 is 0. The van der Waals surface area contributed by atoms with Crippen LogP contribution in [0.3, 0.4) is 0 Å². The van der Waals surface area contributed by atoms with Crippen LogP contribution in [0.15, 0.2) is 4.99 Å². The first kappa shape index (κ1) is 16.5. The number of aliphatic imine (C=N–C) groups is 1. The summed E-state index contributed by atoms with van der Waals surface area (Å²) in [5.41, 5.74) is 0. The predicted molar refractivity (Wildman–Crippen MR) is 79.6 cm³/mol. The number of hydrogen-bond acceptors (Lipinski definition) is 2. The van der Waals surface area contributed by atoms with Crippen molar-refractivity contribution in [3.8, 4) is 0 Å². The third-order valence-corrected chi connectivity index (χ3v) is 3.26. The maximum Gasteiger partial charge on any atom is 0.344 e. The number of hydrogen-bond donors (Lipinski definition) is 2. The summed E-state index contributed by atoms with van der Waals surface area (Å²) in [6.07, 6.45) is 8.50. The highest BCUT2D eigenvalue weighted by atomic mass is 16.2. The molecule has 1 saturated heterocycles. The quantitative estimate of drug-likeness (QED) is 0.667. The Bertz CT molecular complexity index is 355. The molecule has 20 heavy (non-hydrogen) atoms. The van der Waals surface area contributed by atoms with Crippen molar-refractivity contribution in [1.82, 2.24) is 15.5 Å². The zero-order chi connectivity index (χ0) is 14.8. The van der Waals surface area contributed by atoms with Gasteiger partial charge in [0.1, 0.15) is 0 Å². The van der Waals surface area contributed by atoms with Gasteiger partial charge < -0.3 is 10.2 Å². The van der Waals surface area contributed by atoms with Crippen LogP contribution < -0.4 is 10.6 Å². The van der Waals surface area contributed by atoms with Crippen LogP contribution in [0.5, 0.6) is 0 Å². The summed E-state index contributed by atoms with van der Waals surface area (Å²) in [5.74, 6) is 0.193. The van der Waals surface area contributed by atoms with E-state index in [0.717, 1.165) is 12.8 Å². The molecular weight excluding hydrogens is 256 g/mol. The van der Waals surface area contributed by atoms with Crippen molar-refractivity contribution < 1.29 is 9.59 Å². The van der Waals surface area contributed by atoms with Gasteiger partial charge in [-0.2, -0.15) is 4.99 Å². The Kier molecular flexibility index (Phi) is 7.69. The summed E-state index contributed by atoms with van der Waals surface area (Å²) < 4.78 is 0. The van der Waals surface area contributed by atoms with Crippen LogP contribution in [0.4, 0.5) is 4.79 Å². The van der Waals surface area contributed by atoms with E-state index in [0.29, 0.717) is 12.5 Å². The van der Waals surface area contributed by atoms with Crippen LogP contribution in [0.25, 0.3) is 0 Å². The Hall–Kier alpha value is -1.59. The third-order valence-electron chi connectivity index (χ3n) is 3.26. The van der Waals surface area contributed by atoms with Gasteiger partial charge >= 0.3 is 6.03 Å². The smallest absolute Gasteiger partial charge is 0.336 e. The van der Waals surface area contributed by atoms with E-state index in [-0.39, 0.29) is 18.5 Å². The molecule has 0 bridgehead atoms. The molecule has 3 amide bonds. The fraction of sp³-hybridized carbons (Fsp3) is 0.786. The lowest BCUT2D eigenvalue weighted by molar-refractivity contribution is -0.118. The van der Waals surface area contributed by atoms with Crippen molar-refractivity contribution in [2.75, 3.05) is 20.1 Å². The molecule has 0 aromatic rings. The Morgan fingerprint density at radius 2 is 1.90 bits per heavy atom.